The lowest BCUT2D eigenvalue weighted by atomic mass is 10.1. The molecule has 0 amide bonds. The van der Waals surface area contributed by atoms with Crippen LogP contribution in [-0.4, -0.2) is 63.2 Å². The van der Waals surface area contributed by atoms with Gasteiger partial charge in [-0.1, -0.05) is 23.2 Å². The van der Waals surface area contributed by atoms with E-state index in [0.717, 1.165) is 24.2 Å². The summed E-state index contributed by atoms with van der Waals surface area (Å²) in [6.07, 6.45) is 0. The lowest BCUT2D eigenvalue weighted by Crippen LogP contribution is -3.17. The monoisotopic (exact) mass is 614 g/mol. The summed E-state index contributed by atoms with van der Waals surface area (Å²) in [6.45, 7) is 25.2. The van der Waals surface area contributed by atoms with Crippen LogP contribution in [-0.2, 0) is 20.2 Å². The van der Waals surface area contributed by atoms with Crippen molar-refractivity contribution in [3.8, 4) is 12.1 Å². The zero-order valence-corrected chi connectivity index (χ0v) is 26.8. The van der Waals surface area contributed by atoms with Gasteiger partial charge in [-0.3, -0.25) is 0 Å². The quantitative estimate of drug-likeness (QED) is 0.418. The molecule has 0 fully saturated rings. The van der Waals surface area contributed by atoms with Crippen molar-refractivity contribution >= 4 is 43.4 Å². The van der Waals surface area contributed by atoms with Gasteiger partial charge in [-0.2, -0.15) is 10.5 Å². The second kappa shape index (κ2) is 16.6. The van der Waals surface area contributed by atoms with Gasteiger partial charge < -0.3 is 18.9 Å². The van der Waals surface area contributed by atoms with E-state index in [9.17, 15) is 25.9 Å². The average Bonchev–Trinajstić information content (AvgIpc) is 2.73. The zero-order valence-electron chi connectivity index (χ0n) is 23.6. The Bertz CT molecular complexity index is 1110. The number of nitrogens with one attached hydrogen (secondary N) is 2. The van der Waals surface area contributed by atoms with Crippen LogP contribution in [0, 0.1) is 22.7 Å². The maximum Gasteiger partial charge on any atom is 0.127 e. The molecule has 38 heavy (non-hydrogen) atoms. The van der Waals surface area contributed by atoms with Gasteiger partial charge in [-0.15, -0.1) is 0 Å². The van der Waals surface area contributed by atoms with Crippen LogP contribution in [0.15, 0.2) is 9.79 Å². The Balaban J connectivity index is 0. The Morgan fingerprint density at radius 2 is 0.895 bits per heavy atom. The van der Waals surface area contributed by atoms with E-state index in [0.29, 0.717) is 0 Å². The fourth-order valence-electron chi connectivity index (χ4n) is 4.28. The standard InChI is InChI=1S/C8H2Cl2N2O6S2.2C8H19N/c9-5-3(1-11)7(19(13,14)15)6(10)8(4(5)2-12)20(16,17)18;2*1-6-9(7(2)3)8(4)5/h(H,13,14,15)(H,16,17,18);2*7-8H,6H2,1-5H3. The van der Waals surface area contributed by atoms with Crippen LogP contribution in [0.2, 0.25) is 10.0 Å². The van der Waals surface area contributed by atoms with E-state index in [-0.39, 0.29) is 0 Å². The molecule has 0 spiro atoms. The highest BCUT2D eigenvalue weighted by Crippen LogP contribution is 2.39. The molecule has 0 bridgehead atoms. The highest BCUT2D eigenvalue weighted by atomic mass is 35.5. The summed E-state index contributed by atoms with van der Waals surface area (Å²) in [5, 5.41) is 15.3. The second-order valence-corrected chi connectivity index (χ2v) is 13.0. The van der Waals surface area contributed by atoms with Gasteiger partial charge in [-0.25, -0.2) is 16.8 Å². The molecule has 0 atom stereocenters. The van der Waals surface area contributed by atoms with Gasteiger partial charge in [0.15, 0.2) is 0 Å². The van der Waals surface area contributed by atoms with Crippen molar-refractivity contribution in [1.29, 1.82) is 10.5 Å². The molecule has 0 radical (unpaired) electrons. The van der Waals surface area contributed by atoms with Crippen molar-refractivity contribution < 1.29 is 35.7 Å². The van der Waals surface area contributed by atoms with Gasteiger partial charge in [-0.05, 0) is 69.2 Å². The molecule has 0 aromatic heterocycles. The van der Waals surface area contributed by atoms with E-state index < -0.39 is 51.2 Å². The highest BCUT2D eigenvalue weighted by Gasteiger charge is 2.28. The number of benzene rings is 1. The van der Waals surface area contributed by atoms with E-state index in [1.165, 1.54) is 25.2 Å². The summed E-state index contributed by atoms with van der Waals surface area (Å²) in [6, 6.07) is 5.53. The Labute approximate surface area is 238 Å². The molecule has 1 aromatic rings. The highest BCUT2D eigenvalue weighted by molar-refractivity contribution is 7.87. The van der Waals surface area contributed by atoms with Gasteiger partial charge in [0.25, 0.3) is 0 Å². The van der Waals surface area contributed by atoms with Gasteiger partial charge in [0.2, 0.25) is 0 Å². The van der Waals surface area contributed by atoms with E-state index in [1.807, 2.05) is 0 Å². The second-order valence-electron chi connectivity index (χ2n) is 9.64. The molecule has 10 nitrogen and oxygen atoms in total. The molecular weight excluding hydrogens is 575 g/mol. The van der Waals surface area contributed by atoms with Crippen LogP contribution in [0.4, 0.5) is 0 Å². The van der Waals surface area contributed by atoms with E-state index in [1.54, 1.807) is 9.80 Å². The zero-order chi connectivity index (χ0) is 30.8. The Hall–Kier alpha value is -1.48. The largest absolute Gasteiger partial charge is 0.744 e. The smallest absolute Gasteiger partial charge is 0.127 e. The normalized spacial score (nSPS) is 11.8. The predicted octanol–water partition coefficient (Wildman–Crippen LogP) is 1.96. The third-order valence-corrected chi connectivity index (χ3v) is 8.59. The van der Waals surface area contributed by atoms with Crippen LogP contribution in [0.25, 0.3) is 0 Å². The molecule has 14 heteroatoms. The fourth-order valence-corrected chi connectivity index (χ4v) is 6.93. The van der Waals surface area contributed by atoms with E-state index >= 15 is 0 Å². The van der Waals surface area contributed by atoms with Gasteiger partial charge in [0.05, 0.1) is 68.2 Å². The molecular formula is C24H40Cl2N4O6S2. The molecule has 2 N–H and O–H groups in total. The topological polar surface area (TPSA) is 171 Å². The molecule has 0 saturated heterocycles. The average molecular weight is 616 g/mol. The number of quaternary nitrogens is 2. The van der Waals surface area contributed by atoms with Gasteiger partial charge in [0, 0.05) is 0 Å². The minimum atomic E-state index is -5.41. The van der Waals surface area contributed by atoms with E-state index in [2.05, 4.69) is 69.2 Å². The fraction of sp³-hybridized carbons (Fsp3) is 0.667. The molecule has 0 aliphatic rings. The summed E-state index contributed by atoms with van der Waals surface area (Å²) in [4.78, 5) is 0.463. The number of hydrogen-bond acceptors (Lipinski definition) is 8. The molecule has 218 valence electrons. The van der Waals surface area contributed by atoms with Crippen molar-refractivity contribution in [3.05, 3.63) is 21.2 Å². The lowest BCUT2D eigenvalue weighted by Gasteiger charge is -2.25. The van der Waals surface area contributed by atoms with Crippen LogP contribution >= 0.6 is 23.2 Å². The summed E-state index contributed by atoms with van der Waals surface area (Å²) in [5.74, 6) is 0. The molecule has 0 aliphatic carbocycles. The Kier molecular flexibility index (Phi) is 16.9. The minimum absolute atomic E-state index is 0.773. The maximum absolute atomic E-state index is 11.0. The summed E-state index contributed by atoms with van der Waals surface area (Å²) >= 11 is 10.9. The number of nitriles is 2. The van der Waals surface area contributed by atoms with Crippen molar-refractivity contribution in [2.45, 2.75) is 103 Å². The minimum Gasteiger partial charge on any atom is -0.744 e. The lowest BCUT2D eigenvalue weighted by molar-refractivity contribution is -0.940. The van der Waals surface area contributed by atoms with Crippen LogP contribution < -0.4 is 9.80 Å². The van der Waals surface area contributed by atoms with E-state index in [4.69, 9.17) is 33.7 Å². The first-order chi connectivity index (χ1) is 17.1. The van der Waals surface area contributed by atoms with Crippen LogP contribution in [0.1, 0.15) is 80.4 Å². The summed E-state index contributed by atoms with van der Waals surface area (Å²) in [5.41, 5.74) is -2.01. The number of halogens is 2. The summed E-state index contributed by atoms with van der Waals surface area (Å²) < 4.78 is 66.2. The first-order valence-corrected chi connectivity index (χ1v) is 15.7. The first kappa shape index (κ1) is 38.7. The molecule has 1 aromatic carbocycles. The van der Waals surface area contributed by atoms with Crippen LogP contribution in [0.3, 0.4) is 0 Å². The van der Waals surface area contributed by atoms with Gasteiger partial charge >= 0.3 is 0 Å². The van der Waals surface area contributed by atoms with Crippen molar-refractivity contribution in [2.24, 2.45) is 0 Å². The maximum atomic E-state index is 11.0. The van der Waals surface area contributed by atoms with Crippen molar-refractivity contribution in [3.63, 3.8) is 0 Å². The predicted molar refractivity (Wildman–Crippen MR) is 145 cm³/mol. The number of hydrogen-bond donors (Lipinski definition) is 2. The Morgan fingerprint density at radius 3 is 1.00 bits per heavy atom. The number of nitrogens with zero attached hydrogens (tertiary/aromatic N) is 2. The van der Waals surface area contributed by atoms with Gasteiger partial charge in [0.1, 0.15) is 32.4 Å². The molecule has 0 aliphatic heterocycles. The van der Waals surface area contributed by atoms with Crippen molar-refractivity contribution in [2.75, 3.05) is 13.1 Å². The third kappa shape index (κ3) is 11.3. The molecule has 0 heterocycles. The summed E-state index contributed by atoms with van der Waals surface area (Å²) in [7, 11) is -10.8. The number of rotatable bonds is 8. The third-order valence-electron chi connectivity index (χ3n) is 5.80. The first-order valence-electron chi connectivity index (χ1n) is 12.1. The Morgan fingerprint density at radius 1 is 0.658 bits per heavy atom. The van der Waals surface area contributed by atoms with Crippen molar-refractivity contribution in [1.82, 2.24) is 0 Å². The molecule has 1 rings (SSSR count). The SMILES string of the molecule is CC[NH+](C(C)C)C(C)C.CC[NH+](C(C)C)C(C)C.N#Cc1c(Cl)c(C#N)c(S(=O)(=O)[O-])c(Cl)c1S(=O)(=O)[O-]. The molecule has 0 saturated carbocycles. The molecule has 0 unspecified atom stereocenters. The van der Waals surface area contributed by atoms with Crippen LogP contribution in [0.5, 0.6) is 0 Å².